The smallest absolute Gasteiger partial charge is 0.234 e. The van der Waals surface area contributed by atoms with Crippen LogP contribution in [0.1, 0.15) is 17.0 Å². The Morgan fingerprint density at radius 2 is 1.85 bits per heavy atom. The lowest BCUT2D eigenvalue weighted by atomic mass is 10.1. The van der Waals surface area contributed by atoms with Crippen molar-refractivity contribution in [2.45, 2.75) is 30.7 Å². The standard InChI is InChI=1S/C20H18N4OS2/c1-12-8-15(27-11-21)9-13(2)19(12)24-18(25)10-26-20-16-6-4-5-7-17(16)22-14(3)23-20/h4-9H,10H2,1-3H3,(H,24,25). The fraction of sp³-hybridized carbons (Fsp3) is 0.200. The molecule has 0 aliphatic heterocycles. The number of nitrogens with zero attached hydrogens (tertiary/aromatic N) is 3. The number of thiocyanates is 1. The second-order valence-electron chi connectivity index (χ2n) is 6.06. The van der Waals surface area contributed by atoms with Crippen molar-refractivity contribution in [1.82, 2.24) is 9.97 Å². The fourth-order valence-corrected chi connectivity index (χ4v) is 4.25. The van der Waals surface area contributed by atoms with Gasteiger partial charge in [-0.15, -0.1) is 0 Å². The average molecular weight is 395 g/mol. The maximum absolute atomic E-state index is 12.5. The van der Waals surface area contributed by atoms with Crippen molar-refractivity contribution in [2.75, 3.05) is 11.1 Å². The molecule has 0 saturated carbocycles. The molecular weight excluding hydrogens is 376 g/mol. The van der Waals surface area contributed by atoms with Crippen molar-refractivity contribution in [1.29, 1.82) is 5.26 Å². The van der Waals surface area contributed by atoms with Crippen LogP contribution in [0.4, 0.5) is 5.69 Å². The number of rotatable bonds is 5. The van der Waals surface area contributed by atoms with Crippen LogP contribution in [0, 0.1) is 31.4 Å². The zero-order valence-corrected chi connectivity index (χ0v) is 16.9. The maximum atomic E-state index is 12.5. The van der Waals surface area contributed by atoms with E-state index in [-0.39, 0.29) is 11.7 Å². The number of para-hydroxylation sites is 1. The molecule has 1 N–H and O–H groups in total. The number of nitrogens with one attached hydrogen (secondary N) is 1. The number of carbonyl (C=O) groups excluding carboxylic acids is 1. The van der Waals surface area contributed by atoms with Crippen LogP contribution in [0.25, 0.3) is 10.9 Å². The molecule has 1 aromatic heterocycles. The molecule has 7 heteroatoms. The summed E-state index contributed by atoms with van der Waals surface area (Å²) in [7, 11) is 0. The number of thioether (sulfide) groups is 2. The van der Waals surface area contributed by atoms with Crippen LogP contribution >= 0.6 is 23.5 Å². The van der Waals surface area contributed by atoms with Gasteiger partial charge < -0.3 is 5.32 Å². The summed E-state index contributed by atoms with van der Waals surface area (Å²) in [4.78, 5) is 22.3. The SMILES string of the molecule is Cc1nc(SCC(=O)Nc2c(C)cc(SC#N)cc2C)c2ccccc2n1. The number of aryl methyl sites for hydroxylation is 3. The second kappa shape index (κ2) is 8.42. The van der Waals surface area contributed by atoms with Gasteiger partial charge in [0.25, 0.3) is 0 Å². The number of anilines is 1. The summed E-state index contributed by atoms with van der Waals surface area (Å²) in [5, 5.41) is 15.6. The molecule has 1 heterocycles. The van der Waals surface area contributed by atoms with Crippen LogP contribution in [0.3, 0.4) is 0 Å². The van der Waals surface area contributed by atoms with Crippen LogP contribution in [-0.2, 0) is 4.79 Å². The van der Waals surface area contributed by atoms with Gasteiger partial charge in [0, 0.05) is 16.0 Å². The summed E-state index contributed by atoms with van der Waals surface area (Å²) in [5.74, 6) is 0.856. The molecule has 1 amide bonds. The number of hydrogen-bond acceptors (Lipinski definition) is 6. The van der Waals surface area contributed by atoms with Crippen LogP contribution in [0.15, 0.2) is 46.3 Å². The lowest BCUT2D eigenvalue weighted by molar-refractivity contribution is -0.113. The lowest BCUT2D eigenvalue weighted by Gasteiger charge is -2.13. The molecular formula is C20H18N4OS2. The summed E-state index contributed by atoms with van der Waals surface area (Å²) >= 11 is 2.52. The summed E-state index contributed by atoms with van der Waals surface area (Å²) < 4.78 is 0. The molecule has 2 aromatic carbocycles. The minimum Gasteiger partial charge on any atom is -0.325 e. The normalized spacial score (nSPS) is 10.6. The number of benzene rings is 2. The molecule has 0 unspecified atom stereocenters. The van der Waals surface area contributed by atoms with Crippen LogP contribution in [0.5, 0.6) is 0 Å². The van der Waals surface area contributed by atoms with Crippen LogP contribution in [0.2, 0.25) is 0 Å². The number of carbonyl (C=O) groups is 1. The highest BCUT2D eigenvalue weighted by Crippen LogP contribution is 2.29. The summed E-state index contributed by atoms with van der Waals surface area (Å²) in [6.45, 7) is 5.71. The Bertz CT molecular complexity index is 1040. The van der Waals surface area contributed by atoms with Crippen molar-refractivity contribution in [3.63, 3.8) is 0 Å². The Labute approximate surface area is 166 Å². The molecule has 3 aromatic rings. The molecule has 27 heavy (non-hydrogen) atoms. The topological polar surface area (TPSA) is 78.7 Å². The Balaban J connectivity index is 1.74. The number of amides is 1. The largest absolute Gasteiger partial charge is 0.325 e. The van der Waals surface area contributed by atoms with Gasteiger partial charge in [-0.1, -0.05) is 30.0 Å². The van der Waals surface area contributed by atoms with E-state index in [0.717, 1.165) is 49.4 Å². The van der Waals surface area contributed by atoms with E-state index >= 15 is 0 Å². The van der Waals surface area contributed by atoms with E-state index in [1.807, 2.05) is 57.2 Å². The van der Waals surface area contributed by atoms with Gasteiger partial charge in [-0.25, -0.2) is 9.97 Å². The first-order valence-electron chi connectivity index (χ1n) is 8.31. The zero-order valence-electron chi connectivity index (χ0n) is 15.2. The summed E-state index contributed by atoms with van der Waals surface area (Å²) in [5.41, 5.74) is 3.56. The van der Waals surface area contributed by atoms with E-state index in [4.69, 9.17) is 5.26 Å². The van der Waals surface area contributed by atoms with Crippen molar-refractivity contribution in [2.24, 2.45) is 0 Å². The first-order valence-corrected chi connectivity index (χ1v) is 10.1. The van der Waals surface area contributed by atoms with Crippen LogP contribution < -0.4 is 5.32 Å². The van der Waals surface area contributed by atoms with Gasteiger partial charge in [0.05, 0.1) is 11.3 Å². The Kier molecular flexibility index (Phi) is 5.99. The predicted molar refractivity (Wildman–Crippen MR) is 111 cm³/mol. The van der Waals surface area contributed by atoms with Gasteiger partial charge in [0.15, 0.2) is 0 Å². The zero-order chi connectivity index (χ0) is 19.4. The summed E-state index contributed by atoms with van der Waals surface area (Å²) in [6.07, 6.45) is 0. The Morgan fingerprint density at radius 3 is 2.56 bits per heavy atom. The predicted octanol–water partition coefficient (Wildman–Crippen LogP) is 4.86. The molecule has 0 radical (unpaired) electrons. The third kappa shape index (κ3) is 4.59. The molecule has 0 fully saturated rings. The maximum Gasteiger partial charge on any atom is 0.234 e. The molecule has 5 nitrogen and oxygen atoms in total. The van der Waals surface area contributed by atoms with E-state index in [1.54, 1.807) is 0 Å². The summed E-state index contributed by atoms with van der Waals surface area (Å²) in [6, 6.07) is 11.6. The highest BCUT2D eigenvalue weighted by molar-refractivity contribution is 8.03. The molecule has 136 valence electrons. The van der Waals surface area contributed by atoms with Crippen molar-refractivity contribution in [3.8, 4) is 5.40 Å². The van der Waals surface area contributed by atoms with Gasteiger partial charge in [-0.2, -0.15) is 5.26 Å². The van der Waals surface area contributed by atoms with E-state index in [9.17, 15) is 4.79 Å². The van der Waals surface area contributed by atoms with Crippen LogP contribution in [-0.4, -0.2) is 21.6 Å². The van der Waals surface area contributed by atoms with E-state index in [2.05, 4.69) is 20.7 Å². The van der Waals surface area contributed by atoms with Crippen molar-refractivity contribution < 1.29 is 4.79 Å². The number of hydrogen-bond donors (Lipinski definition) is 1. The Morgan fingerprint density at radius 1 is 1.15 bits per heavy atom. The minimum absolute atomic E-state index is 0.0905. The number of nitriles is 1. The third-order valence-electron chi connectivity index (χ3n) is 3.95. The van der Waals surface area contributed by atoms with Gasteiger partial charge >= 0.3 is 0 Å². The number of aromatic nitrogens is 2. The van der Waals surface area contributed by atoms with E-state index < -0.39 is 0 Å². The fourth-order valence-electron chi connectivity index (χ4n) is 2.81. The first-order chi connectivity index (χ1) is 13.0. The molecule has 3 rings (SSSR count). The number of fused-ring (bicyclic) bond motifs is 1. The van der Waals surface area contributed by atoms with Crippen molar-refractivity contribution in [3.05, 3.63) is 53.3 Å². The average Bonchev–Trinajstić information content (AvgIpc) is 2.63. The molecule has 0 bridgehead atoms. The monoisotopic (exact) mass is 394 g/mol. The quantitative estimate of drug-likeness (QED) is 0.378. The van der Waals surface area contributed by atoms with Crippen molar-refractivity contribution >= 4 is 46.0 Å². The molecule has 0 aliphatic carbocycles. The minimum atomic E-state index is -0.0905. The molecule has 0 saturated heterocycles. The van der Waals surface area contributed by atoms with E-state index in [0.29, 0.717) is 5.82 Å². The van der Waals surface area contributed by atoms with Gasteiger partial charge in [-0.05, 0) is 61.9 Å². The van der Waals surface area contributed by atoms with E-state index in [1.165, 1.54) is 11.8 Å². The van der Waals surface area contributed by atoms with Gasteiger partial charge in [-0.3, -0.25) is 4.79 Å². The van der Waals surface area contributed by atoms with Gasteiger partial charge in [0.1, 0.15) is 16.3 Å². The lowest BCUT2D eigenvalue weighted by Crippen LogP contribution is -2.16. The molecule has 0 spiro atoms. The van der Waals surface area contributed by atoms with Gasteiger partial charge in [0.2, 0.25) is 5.91 Å². The highest BCUT2D eigenvalue weighted by atomic mass is 32.2. The first kappa shape index (κ1) is 19.2. The second-order valence-corrected chi connectivity index (χ2v) is 7.88. The molecule has 0 atom stereocenters. The Hall–Kier alpha value is -2.56. The highest BCUT2D eigenvalue weighted by Gasteiger charge is 2.12. The third-order valence-corrected chi connectivity index (χ3v) is 5.51. The molecule has 0 aliphatic rings.